The van der Waals surface area contributed by atoms with E-state index in [1.165, 1.54) is 16.8 Å². The Balaban J connectivity index is 1.65. The van der Waals surface area contributed by atoms with Crippen LogP contribution in [-0.4, -0.2) is 43.6 Å². The molecule has 3 heterocycles. The van der Waals surface area contributed by atoms with Gasteiger partial charge < -0.3 is 9.13 Å². The van der Waals surface area contributed by atoms with Crippen LogP contribution in [0, 0.1) is 0 Å². The lowest BCUT2D eigenvalue weighted by Gasteiger charge is -2.26. The third-order valence-corrected chi connectivity index (χ3v) is 5.77. The van der Waals surface area contributed by atoms with Crippen LogP contribution in [0.2, 0.25) is 0 Å². The number of hydrogen-bond donors (Lipinski definition) is 0. The van der Waals surface area contributed by atoms with Gasteiger partial charge in [0.15, 0.2) is 10.9 Å². The van der Waals surface area contributed by atoms with Crippen LogP contribution in [0.5, 0.6) is 0 Å². The smallest absolute Gasteiger partial charge is 0.262 e. The average molecular weight is 344 g/mol. The van der Waals surface area contributed by atoms with Gasteiger partial charge in [-0.2, -0.15) is 4.31 Å². The van der Waals surface area contributed by atoms with Crippen molar-refractivity contribution in [2.45, 2.75) is 18.1 Å². The van der Waals surface area contributed by atoms with Crippen molar-refractivity contribution in [1.29, 1.82) is 0 Å². The quantitative estimate of drug-likeness (QED) is 0.704. The topological polar surface area (TPSA) is 85.9 Å². The molecule has 124 valence electrons. The molecule has 3 aromatic rings. The maximum absolute atomic E-state index is 12.7. The third kappa shape index (κ3) is 2.42. The molecule has 1 aliphatic heterocycles. The molecule has 0 unspecified atom stereocenters. The maximum Gasteiger partial charge on any atom is 0.262 e. The molecule has 0 radical (unpaired) electrons. The van der Waals surface area contributed by atoms with Crippen LogP contribution in [0.4, 0.5) is 0 Å². The molecule has 0 atom stereocenters. The highest BCUT2D eigenvalue weighted by molar-refractivity contribution is 7.89. The van der Waals surface area contributed by atoms with E-state index in [1.54, 1.807) is 11.6 Å². The molecular weight excluding hydrogens is 328 g/mol. The number of hydrogen-bond acceptors (Lipinski definition) is 5. The van der Waals surface area contributed by atoms with Gasteiger partial charge in [-0.3, -0.25) is 0 Å². The fourth-order valence-electron chi connectivity index (χ4n) is 2.80. The van der Waals surface area contributed by atoms with Gasteiger partial charge >= 0.3 is 0 Å². The number of benzene rings is 1. The Morgan fingerprint density at radius 1 is 1.08 bits per heavy atom. The van der Waals surface area contributed by atoms with Gasteiger partial charge in [-0.15, -0.1) is 10.2 Å². The highest BCUT2D eigenvalue weighted by atomic mass is 32.2. The monoisotopic (exact) mass is 344 g/mol. The first-order valence-corrected chi connectivity index (χ1v) is 8.95. The number of sulfonamides is 1. The van der Waals surface area contributed by atoms with Gasteiger partial charge in [0.05, 0.1) is 12.9 Å². The van der Waals surface area contributed by atoms with Crippen LogP contribution in [0.1, 0.15) is 5.82 Å². The Bertz CT molecular complexity index is 977. The first-order chi connectivity index (χ1) is 11.6. The zero-order valence-corrected chi connectivity index (χ0v) is 13.9. The molecule has 9 heteroatoms. The normalized spacial score (nSPS) is 15.4. The number of aryl methyl sites for hydroxylation is 1. The molecule has 0 N–H and O–H groups in total. The molecule has 0 saturated carbocycles. The molecule has 4 rings (SSSR count). The second-order valence-electron chi connectivity index (χ2n) is 5.67. The van der Waals surface area contributed by atoms with E-state index < -0.39 is 10.0 Å². The van der Waals surface area contributed by atoms with Crippen LogP contribution in [0.15, 0.2) is 47.9 Å². The Hall–Kier alpha value is -2.52. The molecule has 24 heavy (non-hydrogen) atoms. The molecule has 1 aromatic carbocycles. The molecule has 0 amide bonds. The zero-order chi connectivity index (χ0) is 16.7. The summed E-state index contributed by atoms with van der Waals surface area (Å²) in [6, 6.07) is 9.76. The van der Waals surface area contributed by atoms with Gasteiger partial charge in [-0.1, -0.05) is 30.3 Å². The first kappa shape index (κ1) is 15.0. The van der Waals surface area contributed by atoms with Gasteiger partial charge in [0.25, 0.3) is 10.0 Å². The van der Waals surface area contributed by atoms with E-state index in [0.29, 0.717) is 18.9 Å². The third-order valence-electron chi connectivity index (χ3n) is 4.04. The molecule has 0 spiro atoms. The van der Waals surface area contributed by atoms with Crippen LogP contribution in [-0.2, 0) is 30.2 Å². The molecule has 1 aliphatic rings. The van der Waals surface area contributed by atoms with E-state index in [1.807, 2.05) is 34.9 Å². The number of fused-ring (bicyclic) bond motifs is 1. The summed E-state index contributed by atoms with van der Waals surface area (Å²) in [6.45, 7) is 1.07. The van der Waals surface area contributed by atoms with Crippen LogP contribution >= 0.6 is 0 Å². The van der Waals surface area contributed by atoms with Crippen molar-refractivity contribution in [3.05, 3.63) is 48.7 Å². The van der Waals surface area contributed by atoms with Crippen molar-refractivity contribution < 1.29 is 8.42 Å². The van der Waals surface area contributed by atoms with E-state index in [2.05, 4.69) is 15.2 Å². The van der Waals surface area contributed by atoms with Crippen molar-refractivity contribution in [2.24, 2.45) is 7.05 Å². The van der Waals surface area contributed by atoms with Gasteiger partial charge in [0.2, 0.25) is 0 Å². The van der Waals surface area contributed by atoms with E-state index in [-0.39, 0.29) is 11.6 Å². The highest BCUT2D eigenvalue weighted by Gasteiger charge is 2.32. The van der Waals surface area contributed by atoms with Gasteiger partial charge in [-0.25, -0.2) is 13.4 Å². The van der Waals surface area contributed by atoms with Gasteiger partial charge in [0, 0.05) is 31.9 Å². The lowest BCUT2D eigenvalue weighted by Crippen LogP contribution is -2.38. The number of aromatic nitrogens is 5. The summed E-state index contributed by atoms with van der Waals surface area (Å²) >= 11 is 0. The number of rotatable bonds is 3. The van der Waals surface area contributed by atoms with E-state index in [4.69, 9.17) is 0 Å². The van der Waals surface area contributed by atoms with Crippen LogP contribution < -0.4 is 0 Å². The molecule has 0 fully saturated rings. The summed E-state index contributed by atoms with van der Waals surface area (Å²) in [7, 11) is -1.88. The second kappa shape index (κ2) is 5.53. The summed E-state index contributed by atoms with van der Waals surface area (Å²) in [5, 5.41) is 8.47. The van der Waals surface area contributed by atoms with Crippen LogP contribution in [0.25, 0.3) is 11.4 Å². The SMILES string of the molecule is Cn1cnc(S(=O)(=O)N2CCn3c(nnc3-c3ccccc3)C2)c1. The lowest BCUT2D eigenvalue weighted by molar-refractivity contribution is 0.335. The lowest BCUT2D eigenvalue weighted by atomic mass is 10.2. The van der Waals surface area contributed by atoms with E-state index in [0.717, 1.165) is 11.4 Å². The summed E-state index contributed by atoms with van der Waals surface area (Å²) in [5.74, 6) is 1.40. The minimum Gasteiger partial charge on any atom is -0.339 e. The molecular formula is C15H16N6O2S. The zero-order valence-electron chi connectivity index (χ0n) is 13.1. The predicted molar refractivity (Wildman–Crippen MR) is 86.3 cm³/mol. The minimum absolute atomic E-state index is 0.0567. The minimum atomic E-state index is -3.62. The fourth-order valence-corrected chi connectivity index (χ4v) is 4.15. The summed E-state index contributed by atoms with van der Waals surface area (Å²) in [5.41, 5.74) is 0.970. The van der Waals surface area contributed by atoms with E-state index >= 15 is 0 Å². The van der Waals surface area contributed by atoms with Crippen molar-refractivity contribution in [2.75, 3.05) is 6.54 Å². The highest BCUT2D eigenvalue weighted by Crippen LogP contribution is 2.24. The van der Waals surface area contributed by atoms with Crippen molar-refractivity contribution in [3.8, 4) is 11.4 Å². The molecule has 0 bridgehead atoms. The summed E-state index contributed by atoms with van der Waals surface area (Å²) in [6.07, 6.45) is 2.98. The molecule has 2 aromatic heterocycles. The largest absolute Gasteiger partial charge is 0.339 e. The Kier molecular flexibility index (Phi) is 3.47. The summed E-state index contributed by atoms with van der Waals surface area (Å²) in [4.78, 5) is 3.96. The Labute approximate surface area is 139 Å². The fraction of sp³-hybridized carbons (Fsp3) is 0.267. The van der Waals surface area contributed by atoms with E-state index in [9.17, 15) is 8.42 Å². The van der Waals surface area contributed by atoms with Gasteiger partial charge in [0.1, 0.15) is 5.82 Å². The number of nitrogens with zero attached hydrogens (tertiary/aromatic N) is 6. The number of imidazole rings is 1. The summed E-state index contributed by atoms with van der Waals surface area (Å²) < 4.78 is 30.3. The maximum atomic E-state index is 12.7. The molecule has 0 aliphatic carbocycles. The predicted octanol–water partition coefficient (Wildman–Crippen LogP) is 0.883. The second-order valence-corrected chi connectivity index (χ2v) is 7.56. The standard InChI is InChI=1S/C15H16N6O2S/c1-19-10-14(16-11-19)24(22,23)20-7-8-21-13(9-20)17-18-15(21)12-5-3-2-4-6-12/h2-6,10-11H,7-9H2,1H3. The van der Waals surface area contributed by atoms with Gasteiger partial charge in [-0.05, 0) is 0 Å². The first-order valence-electron chi connectivity index (χ1n) is 7.51. The average Bonchev–Trinajstić information content (AvgIpc) is 3.21. The van der Waals surface area contributed by atoms with Crippen LogP contribution in [0.3, 0.4) is 0 Å². The molecule has 8 nitrogen and oxygen atoms in total. The van der Waals surface area contributed by atoms with Crippen molar-refractivity contribution in [1.82, 2.24) is 28.6 Å². The molecule has 0 saturated heterocycles. The van der Waals surface area contributed by atoms with Crippen molar-refractivity contribution >= 4 is 10.0 Å². The Morgan fingerprint density at radius 2 is 1.88 bits per heavy atom. The Morgan fingerprint density at radius 3 is 2.58 bits per heavy atom. The van der Waals surface area contributed by atoms with Crippen molar-refractivity contribution in [3.63, 3.8) is 0 Å².